The van der Waals surface area contributed by atoms with Crippen LogP contribution in [-0.2, 0) is 0 Å². The third-order valence-corrected chi connectivity index (χ3v) is 4.78. The zero-order chi connectivity index (χ0) is 13.7. The van der Waals surface area contributed by atoms with E-state index in [0.717, 1.165) is 18.4 Å². The van der Waals surface area contributed by atoms with E-state index in [9.17, 15) is 0 Å². The lowest BCUT2D eigenvalue weighted by Crippen LogP contribution is -2.34. The van der Waals surface area contributed by atoms with Gasteiger partial charge in [-0.05, 0) is 37.3 Å². The van der Waals surface area contributed by atoms with Crippen LogP contribution in [0.25, 0.3) is 0 Å². The first-order valence-corrected chi connectivity index (χ1v) is 8.06. The summed E-state index contributed by atoms with van der Waals surface area (Å²) >= 11 is 0. The molecule has 1 saturated carbocycles. The molecule has 2 rings (SSSR count). The normalized spacial score (nSPS) is 25.2. The van der Waals surface area contributed by atoms with E-state index in [4.69, 9.17) is 0 Å². The van der Waals surface area contributed by atoms with Gasteiger partial charge in [0.2, 0.25) is 0 Å². The summed E-state index contributed by atoms with van der Waals surface area (Å²) in [7, 11) is 0. The smallest absolute Gasteiger partial charge is 0.0351 e. The van der Waals surface area contributed by atoms with Crippen LogP contribution in [0.1, 0.15) is 63.1 Å². The largest absolute Gasteiger partial charge is 0.310 e. The standard InChI is InChI=1S/C18H29N/c1-4-15-8-6-7-9-17(15)18(19-5-2)16-12-10-14(3)11-13-16/h10-13,15,17-19H,4-9H2,1-3H3. The fraction of sp³-hybridized carbons (Fsp3) is 0.667. The lowest BCUT2D eigenvalue weighted by atomic mass is 9.72. The summed E-state index contributed by atoms with van der Waals surface area (Å²) in [6.07, 6.45) is 6.99. The van der Waals surface area contributed by atoms with E-state index >= 15 is 0 Å². The van der Waals surface area contributed by atoms with Gasteiger partial charge in [0.05, 0.1) is 0 Å². The fourth-order valence-corrected chi connectivity index (χ4v) is 3.69. The molecule has 0 aliphatic heterocycles. The maximum atomic E-state index is 3.75. The monoisotopic (exact) mass is 259 g/mol. The van der Waals surface area contributed by atoms with Crippen LogP contribution in [0.3, 0.4) is 0 Å². The van der Waals surface area contributed by atoms with Crippen LogP contribution in [0.2, 0.25) is 0 Å². The molecule has 0 saturated heterocycles. The first-order chi connectivity index (χ1) is 9.26. The first-order valence-electron chi connectivity index (χ1n) is 8.06. The SMILES string of the molecule is CCNC(c1ccc(C)cc1)C1CCCCC1CC. The van der Waals surface area contributed by atoms with Crippen LogP contribution in [0.5, 0.6) is 0 Å². The molecule has 1 nitrogen and oxygen atoms in total. The summed E-state index contributed by atoms with van der Waals surface area (Å²) < 4.78 is 0. The lowest BCUT2D eigenvalue weighted by Gasteiger charge is -2.37. The van der Waals surface area contributed by atoms with Gasteiger partial charge in [0.15, 0.2) is 0 Å². The molecule has 1 aromatic rings. The molecule has 0 bridgehead atoms. The Bertz CT molecular complexity index is 368. The zero-order valence-electron chi connectivity index (χ0n) is 12.8. The van der Waals surface area contributed by atoms with Crippen molar-refractivity contribution in [3.8, 4) is 0 Å². The van der Waals surface area contributed by atoms with E-state index < -0.39 is 0 Å². The second-order valence-electron chi connectivity index (χ2n) is 6.06. The van der Waals surface area contributed by atoms with Gasteiger partial charge in [-0.15, -0.1) is 0 Å². The number of benzene rings is 1. The van der Waals surface area contributed by atoms with Gasteiger partial charge >= 0.3 is 0 Å². The van der Waals surface area contributed by atoms with E-state index in [2.05, 4.69) is 50.4 Å². The van der Waals surface area contributed by atoms with E-state index in [1.807, 2.05) is 0 Å². The van der Waals surface area contributed by atoms with Crippen LogP contribution in [-0.4, -0.2) is 6.54 Å². The van der Waals surface area contributed by atoms with Crippen molar-refractivity contribution in [2.24, 2.45) is 11.8 Å². The molecule has 1 aromatic carbocycles. The van der Waals surface area contributed by atoms with Gasteiger partial charge in [0.25, 0.3) is 0 Å². The number of rotatable bonds is 5. The molecule has 1 N–H and O–H groups in total. The molecule has 3 atom stereocenters. The molecule has 1 heteroatoms. The Morgan fingerprint density at radius 3 is 2.42 bits per heavy atom. The van der Waals surface area contributed by atoms with E-state index in [1.54, 1.807) is 0 Å². The van der Waals surface area contributed by atoms with Gasteiger partial charge in [0, 0.05) is 6.04 Å². The summed E-state index contributed by atoms with van der Waals surface area (Å²) in [5.41, 5.74) is 2.84. The highest BCUT2D eigenvalue weighted by Gasteiger charge is 2.31. The molecule has 0 amide bonds. The highest BCUT2D eigenvalue weighted by atomic mass is 14.9. The lowest BCUT2D eigenvalue weighted by molar-refractivity contribution is 0.177. The molecule has 0 spiro atoms. The summed E-state index contributed by atoms with van der Waals surface area (Å²) in [6, 6.07) is 9.71. The predicted octanol–water partition coefficient (Wildman–Crippen LogP) is 4.86. The van der Waals surface area contributed by atoms with Gasteiger partial charge in [-0.25, -0.2) is 0 Å². The molecule has 0 heterocycles. The third-order valence-electron chi connectivity index (χ3n) is 4.78. The Morgan fingerprint density at radius 1 is 1.11 bits per heavy atom. The average Bonchev–Trinajstić information content (AvgIpc) is 2.46. The number of aryl methyl sites for hydroxylation is 1. The molecule has 0 radical (unpaired) electrons. The first kappa shape index (κ1) is 14.6. The third kappa shape index (κ3) is 3.60. The van der Waals surface area contributed by atoms with Crippen molar-refractivity contribution in [2.75, 3.05) is 6.54 Å². The second-order valence-corrected chi connectivity index (χ2v) is 6.06. The Labute approximate surface area is 118 Å². The summed E-state index contributed by atoms with van der Waals surface area (Å²) in [6.45, 7) is 7.82. The Kier molecular flexibility index (Phi) is 5.45. The zero-order valence-corrected chi connectivity index (χ0v) is 12.8. The van der Waals surface area contributed by atoms with Crippen LogP contribution in [0.4, 0.5) is 0 Å². The fourth-order valence-electron chi connectivity index (χ4n) is 3.69. The van der Waals surface area contributed by atoms with Gasteiger partial charge in [-0.2, -0.15) is 0 Å². The Morgan fingerprint density at radius 2 is 1.79 bits per heavy atom. The van der Waals surface area contributed by atoms with Gasteiger partial charge in [-0.3, -0.25) is 0 Å². The van der Waals surface area contributed by atoms with E-state index in [1.165, 1.54) is 43.2 Å². The predicted molar refractivity (Wildman–Crippen MR) is 83.3 cm³/mol. The van der Waals surface area contributed by atoms with Crippen molar-refractivity contribution in [3.05, 3.63) is 35.4 Å². The topological polar surface area (TPSA) is 12.0 Å². The van der Waals surface area contributed by atoms with Crippen molar-refractivity contribution in [1.82, 2.24) is 5.32 Å². The number of hydrogen-bond donors (Lipinski definition) is 1. The highest BCUT2D eigenvalue weighted by molar-refractivity contribution is 5.25. The van der Waals surface area contributed by atoms with Crippen LogP contribution >= 0.6 is 0 Å². The summed E-state index contributed by atoms with van der Waals surface area (Å²) in [4.78, 5) is 0. The number of nitrogens with one attached hydrogen (secondary N) is 1. The molecule has 1 aliphatic carbocycles. The molecule has 106 valence electrons. The molecular formula is C18H29N. The quantitative estimate of drug-likeness (QED) is 0.796. The van der Waals surface area contributed by atoms with Gasteiger partial charge in [0.1, 0.15) is 0 Å². The minimum absolute atomic E-state index is 0.552. The number of hydrogen-bond acceptors (Lipinski definition) is 1. The second kappa shape index (κ2) is 7.09. The molecule has 19 heavy (non-hydrogen) atoms. The van der Waals surface area contributed by atoms with Crippen molar-refractivity contribution in [3.63, 3.8) is 0 Å². The summed E-state index contributed by atoms with van der Waals surface area (Å²) in [5, 5.41) is 3.75. The maximum Gasteiger partial charge on any atom is 0.0351 e. The molecule has 1 fully saturated rings. The van der Waals surface area contributed by atoms with Crippen LogP contribution < -0.4 is 5.32 Å². The van der Waals surface area contributed by atoms with Crippen molar-refractivity contribution < 1.29 is 0 Å². The molecule has 0 aromatic heterocycles. The Balaban J connectivity index is 2.20. The van der Waals surface area contributed by atoms with Gasteiger partial charge in [-0.1, -0.05) is 69.4 Å². The maximum absolute atomic E-state index is 3.75. The molecule has 3 unspecified atom stereocenters. The van der Waals surface area contributed by atoms with E-state index in [0.29, 0.717) is 6.04 Å². The average molecular weight is 259 g/mol. The molecular weight excluding hydrogens is 230 g/mol. The van der Waals surface area contributed by atoms with Crippen molar-refractivity contribution in [1.29, 1.82) is 0 Å². The van der Waals surface area contributed by atoms with Gasteiger partial charge < -0.3 is 5.32 Å². The van der Waals surface area contributed by atoms with Crippen LogP contribution in [0, 0.1) is 18.8 Å². The minimum Gasteiger partial charge on any atom is -0.310 e. The van der Waals surface area contributed by atoms with Crippen LogP contribution in [0.15, 0.2) is 24.3 Å². The minimum atomic E-state index is 0.552. The molecule has 1 aliphatic rings. The van der Waals surface area contributed by atoms with Crippen molar-refractivity contribution >= 4 is 0 Å². The summed E-state index contributed by atoms with van der Waals surface area (Å²) in [5.74, 6) is 1.72. The van der Waals surface area contributed by atoms with E-state index in [-0.39, 0.29) is 0 Å². The highest BCUT2D eigenvalue weighted by Crippen LogP contribution is 2.40. The van der Waals surface area contributed by atoms with Crippen molar-refractivity contribution in [2.45, 2.75) is 58.9 Å². The Hall–Kier alpha value is -0.820.